The predicted octanol–water partition coefficient (Wildman–Crippen LogP) is 5.58. The van der Waals surface area contributed by atoms with E-state index in [1.807, 2.05) is 54.6 Å². The highest BCUT2D eigenvalue weighted by atomic mass is 32.2. The summed E-state index contributed by atoms with van der Waals surface area (Å²) in [6.07, 6.45) is 6.46. The van der Waals surface area contributed by atoms with Crippen LogP contribution >= 0.6 is 11.8 Å². The zero-order valence-corrected chi connectivity index (χ0v) is 18.6. The van der Waals surface area contributed by atoms with Crippen molar-refractivity contribution in [3.05, 3.63) is 54.6 Å². The number of hydrogen-bond acceptors (Lipinski definition) is 5. The van der Waals surface area contributed by atoms with Crippen molar-refractivity contribution >= 4 is 23.4 Å². The van der Waals surface area contributed by atoms with Crippen LogP contribution in [0.15, 0.2) is 59.8 Å². The van der Waals surface area contributed by atoms with Gasteiger partial charge in [-0.25, -0.2) is 0 Å². The summed E-state index contributed by atoms with van der Waals surface area (Å²) in [4.78, 5) is 12.3. The number of nitrogens with one attached hydrogen (secondary N) is 1. The first-order valence-corrected chi connectivity index (χ1v) is 11.8. The fraction of sp³-hybridized carbons (Fsp3) is 0.375. The number of rotatable bonds is 8. The second kappa shape index (κ2) is 10.5. The minimum absolute atomic E-state index is 0.0119. The maximum atomic E-state index is 12.3. The molecule has 1 aromatic heterocycles. The molecule has 0 aliphatic heterocycles. The summed E-state index contributed by atoms with van der Waals surface area (Å²) in [5.74, 6) is 2.39. The van der Waals surface area contributed by atoms with Gasteiger partial charge in [0.2, 0.25) is 5.91 Å². The average Bonchev–Trinajstić information content (AvgIpc) is 3.24. The van der Waals surface area contributed by atoms with Crippen molar-refractivity contribution in [2.45, 2.75) is 49.7 Å². The number of hydrogen-bond donors (Lipinski definition) is 1. The van der Waals surface area contributed by atoms with Gasteiger partial charge in [-0.15, -0.1) is 10.2 Å². The lowest BCUT2D eigenvalue weighted by atomic mass is 9.95. The van der Waals surface area contributed by atoms with E-state index in [1.54, 1.807) is 18.9 Å². The van der Waals surface area contributed by atoms with Crippen LogP contribution in [-0.4, -0.2) is 33.5 Å². The molecular formula is C24H28N4O2S. The molecule has 0 saturated heterocycles. The second-order valence-electron chi connectivity index (χ2n) is 7.71. The molecular weight excluding hydrogens is 408 g/mol. The third-order valence-corrected chi connectivity index (χ3v) is 6.52. The second-order valence-corrected chi connectivity index (χ2v) is 8.77. The number of methoxy groups -OCH3 is 1. The van der Waals surface area contributed by atoms with E-state index < -0.39 is 0 Å². The molecule has 7 heteroatoms. The first kappa shape index (κ1) is 21.4. The highest BCUT2D eigenvalue weighted by Crippen LogP contribution is 2.36. The van der Waals surface area contributed by atoms with E-state index in [9.17, 15) is 4.79 Å². The molecule has 0 bridgehead atoms. The maximum absolute atomic E-state index is 12.3. The molecule has 6 nitrogen and oxygen atoms in total. The Morgan fingerprint density at radius 1 is 1.06 bits per heavy atom. The Balaban J connectivity index is 1.47. The minimum Gasteiger partial charge on any atom is -0.497 e. The van der Waals surface area contributed by atoms with Gasteiger partial charge in [0.05, 0.1) is 7.11 Å². The molecule has 0 atom stereocenters. The maximum Gasteiger partial charge on any atom is 0.225 e. The summed E-state index contributed by atoms with van der Waals surface area (Å²) in [6, 6.07) is 17.9. The van der Waals surface area contributed by atoms with Gasteiger partial charge in [-0.05, 0) is 49.2 Å². The first-order valence-electron chi connectivity index (χ1n) is 10.8. The number of ether oxygens (including phenoxy) is 1. The fourth-order valence-electron chi connectivity index (χ4n) is 3.96. The van der Waals surface area contributed by atoms with Crippen LogP contribution in [0.25, 0.3) is 11.4 Å². The Morgan fingerprint density at radius 2 is 1.81 bits per heavy atom. The van der Waals surface area contributed by atoms with Gasteiger partial charge in [0, 0.05) is 29.5 Å². The van der Waals surface area contributed by atoms with E-state index in [2.05, 4.69) is 20.1 Å². The summed E-state index contributed by atoms with van der Waals surface area (Å²) < 4.78 is 7.58. The van der Waals surface area contributed by atoms with Crippen LogP contribution in [0, 0.1) is 0 Å². The van der Waals surface area contributed by atoms with E-state index in [1.165, 1.54) is 19.3 Å². The van der Waals surface area contributed by atoms with Crippen molar-refractivity contribution < 1.29 is 9.53 Å². The molecule has 1 saturated carbocycles. The molecule has 1 N–H and O–H groups in total. The summed E-state index contributed by atoms with van der Waals surface area (Å²) >= 11 is 1.61. The van der Waals surface area contributed by atoms with Crippen molar-refractivity contribution in [3.63, 3.8) is 0 Å². The standard InChI is InChI=1S/C24H28N4O2S/c1-30-21-14-12-18(13-15-21)23-26-27-24(28(23)20-10-6-3-7-11-20)31-17-16-22(29)25-19-8-4-2-5-9-19/h2,4-5,8-9,12-15,20H,3,6-7,10-11,16-17H2,1H3,(H,25,29). The van der Waals surface area contributed by atoms with Crippen LogP contribution < -0.4 is 10.1 Å². The number of para-hydroxylation sites is 1. The molecule has 0 radical (unpaired) electrons. The van der Waals surface area contributed by atoms with Crippen molar-refractivity contribution in [3.8, 4) is 17.1 Å². The lowest BCUT2D eigenvalue weighted by Crippen LogP contribution is -2.16. The average molecular weight is 437 g/mol. The molecule has 3 aromatic rings. The lowest BCUT2D eigenvalue weighted by molar-refractivity contribution is -0.115. The van der Waals surface area contributed by atoms with E-state index in [4.69, 9.17) is 4.74 Å². The zero-order valence-electron chi connectivity index (χ0n) is 17.8. The summed E-state index contributed by atoms with van der Waals surface area (Å²) in [7, 11) is 1.67. The predicted molar refractivity (Wildman–Crippen MR) is 125 cm³/mol. The topological polar surface area (TPSA) is 69.0 Å². The van der Waals surface area contributed by atoms with Gasteiger partial charge in [-0.3, -0.25) is 9.36 Å². The molecule has 0 spiro atoms. The number of amides is 1. The van der Waals surface area contributed by atoms with Gasteiger partial charge >= 0.3 is 0 Å². The molecule has 0 unspecified atom stereocenters. The molecule has 162 valence electrons. The van der Waals surface area contributed by atoms with Gasteiger partial charge in [-0.1, -0.05) is 49.2 Å². The lowest BCUT2D eigenvalue weighted by Gasteiger charge is -2.25. The third-order valence-electron chi connectivity index (χ3n) is 5.57. The number of carbonyl (C=O) groups excluding carboxylic acids is 1. The van der Waals surface area contributed by atoms with Crippen LogP contribution in [0.4, 0.5) is 5.69 Å². The molecule has 1 aliphatic rings. The number of carbonyl (C=O) groups is 1. The van der Waals surface area contributed by atoms with E-state index in [0.717, 1.165) is 40.8 Å². The van der Waals surface area contributed by atoms with Crippen LogP contribution in [0.5, 0.6) is 5.75 Å². The van der Waals surface area contributed by atoms with Crippen LogP contribution in [0.1, 0.15) is 44.6 Å². The van der Waals surface area contributed by atoms with Crippen LogP contribution in [0.2, 0.25) is 0 Å². The summed E-state index contributed by atoms with van der Waals surface area (Å²) in [5.41, 5.74) is 1.86. The Labute approximate surface area is 187 Å². The fourth-order valence-corrected chi connectivity index (χ4v) is 4.90. The molecule has 2 aromatic carbocycles. The highest BCUT2D eigenvalue weighted by molar-refractivity contribution is 7.99. The van der Waals surface area contributed by atoms with Crippen LogP contribution in [0.3, 0.4) is 0 Å². The van der Waals surface area contributed by atoms with Crippen molar-refractivity contribution in [2.75, 3.05) is 18.2 Å². The highest BCUT2D eigenvalue weighted by Gasteiger charge is 2.24. The van der Waals surface area contributed by atoms with E-state index >= 15 is 0 Å². The first-order chi connectivity index (χ1) is 15.2. The monoisotopic (exact) mass is 436 g/mol. The molecule has 1 amide bonds. The SMILES string of the molecule is COc1ccc(-c2nnc(SCCC(=O)Nc3ccccc3)n2C2CCCCC2)cc1. The number of benzene rings is 2. The number of thioether (sulfide) groups is 1. The summed E-state index contributed by atoms with van der Waals surface area (Å²) in [6.45, 7) is 0. The van der Waals surface area contributed by atoms with Gasteiger partial charge in [0.25, 0.3) is 0 Å². The summed E-state index contributed by atoms with van der Waals surface area (Å²) in [5, 5.41) is 12.9. The quantitative estimate of drug-likeness (QED) is 0.467. The Kier molecular flexibility index (Phi) is 7.25. The van der Waals surface area contributed by atoms with Crippen molar-refractivity contribution in [1.82, 2.24) is 14.8 Å². The third kappa shape index (κ3) is 5.47. The van der Waals surface area contributed by atoms with E-state index in [-0.39, 0.29) is 5.91 Å². The molecule has 1 aliphatic carbocycles. The number of anilines is 1. The largest absolute Gasteiger partial charge is 0.497 e. The smallest absolute Gasteiger partial charge is 0.225 e. The van der Waals surface area contributed by atoms with Crippen LogP contribution in [-0.2, 0) is 4.79 Å². The molecule has 1 fully saturated rings. The molecule has 1 heterocycles. The normalized spacial score (nSPS) is 14.4. The Morgan fingerprint density at radius 3 is 2.52 bits per heavy atom. The van der Waals surface area contributed by atoms with Crippen molar-refractivity contribution in [2.24, 2.45) is 0 Å². The van der Waals surface area contributed by atoms with Gasteiger partial charge < -0.3 is 10.1 Å². The van der Waals surface area contributed by atoms with Crippen molar-refractivity contribution in [1.29, 1.82) is 0 Å². The minimum atomic E-state index is 0.0119. The Hall–Kier alpha value is -2.80. The molecule has 4 rings (SSSR count). The Bertz CT molecular complexity index is 983. The number of aromatic nitrogens is 3. The number of nitrogens with zero attached hydrogens (tertiary/aromatic N) is 3. The van der Waals surface area contributed by atoms with E-state index in [0.29, 0.717) is 18.2 Å². The van der Waals surface area contributed by atoms with Gasteiger partial charge in [0.15, 0.2) is 11.0 Å². The molecule has 31 heavy (non-hydrogen) atoms. The zero-order chi connectivity index (χ0) is 21.5. The van der Waals surface area contributed by atoms with Gasteiger partial charge in [-0.2, -0.15) is 0 Å². The van der Waals surface area contributed by atoms with Gasteiger partial charge in [0.1, 0.15) is 5.75 Å².